The topological polar surface area (TPSA) is 70.7 Å². The molecule has 2 N–H and O–H groups in total. The van der Waals surface area contributed by atoms with E-state index in [0.717, 1.165) is 17.0 Å². The summed E-state index contributed by atoms with van der Waals surface area (Å²) in [6.07, 6.45) is -4.78. The van der Waals surface area contributed by atoms with Crippen LogP contribution in [0.2, 0.25) is 0 Å². The smallest absolute Gasteiger partial charge is 0.406 e. The first-order valence-corrected chi connectivity index (χ1v) is 8.71. The first kappa shape index (κ1) is 17.4. The van der Waals surface area contributed by atoms with Gasteiger partial charge in [0.15, 0.2) is 0 Å². The second-order valence-corrected chi connectivity index (χ2v) is 6.85. The molecule has 140 valence electrons. The van der Waals surface area contributed by atoms with E-state index in [-0.39, 0.29) is 18.2 Å². The number of amides is 3. The maximum atomic E-state index is 12.9. The number of urea groups is 1. The summed E-state index contributed by atoms with van der Waals surface area (Å²) >= 11 is 1.42. The van der Waals surface area contributed by atoms with E-state index in [9.17, 15) is 22.8 Å². The molecule has 2 aliphatic heterocycles. The molecule has 10 heteroatoms. The molecule has 6 nitrogen and oxygen atoms in total. The van der Waals surface area contributed by atoms with Gasteiger partial charge in [0, 0.05) is 10.6 Å². The number of nitrogens with one attached hydrogen (secondary N) is 2. The van der Waals surface area contributed by atoms with E-state index in [0.29, 0.717) is 17.0 Å². The fourth-order valence-electron chi connectivity index (χ4n) is 3.08. The predicted octanol–water partition coefficient (Wildman–Crippen LogP) is 3.30. The van der Waals surface area contributed by atoms with Gasteiger partial charge in [-0.3, -0.25) is 4.79 Å². The van der Waals surface area contributed by atoms with Gasteiger partial charge in [-0.05, 0) is 35.7 Å². The largest absolute Gasteiger partial charge is 0.573 e. The minimum Gasteiger partial charge on any atom is -0.406 e. The predicted molar refractivity (Wildman–Crippen MR) is 91.2 cm³/mol. The van der Waals surface area contributed by atoms with Crippen LogP contribution in [0.15, 0.2) is 53.0 Å². The lowest BCUT2D eigenvalue weighted by Gasteiger charge is -2.24. The molecule has 1 aromatic carbocycles. The van der Waals surface area contributed by atoms with Gasteiger partial charge in [0.1, 0.15) is 5.75 Å². The zero-order chi connectivity index (χ0) is 19.2. The normalized spacial score (nSPS) is 19.7. The van der Waals surface area contributed by atoms with Crippen LogP contribution in [-0.4, -0.2) is 24.8 Å². The second-order valence-electron chi connectivity index (χ2n) is 5.87. The zero-order valence-corrected chi connectivity index (χ0v) is 14.4. The summed E-state index contributed by atoms with van der Waals surface area (Å²) < 4.78 is 40.7. The molecule has 27 heavy (non-hydrogen) atoms. The van der Waals surface area contributed by atoms with E-state index < -0.39 is 18.4 Å². The van der Waals surface area contributed by atoms with Crippen LogP contribution in [0.1, 0.15) is 10.9 Å². The molecule has 0 saturated heterocycles. The molecule has 0 saturated carbocycles. The standard InChI is InChI=1S/C17H12F3N3O3S/c18-17(19,20)26-10-5-3-9(4-6-10)23-8-11-13(15(23)24)14(22-16(25)21-11)12-2-1-7-27-12/h1-7,14H,8H2,(H2,21,22,25)/t14-/m1/s1. The van der Waals surface area contributed by atoms with Crippen LogP contribution in [0.5, 0.6) is 5.75 Å². The van der Waals surface area contributed by atoms with Crippen molar-refractivity contribution < 1.29 is 27.5 Å². The summed E-state index contributed by atoms with van der Waals surface area (Å²) in [6.45, 7) is 0.128. The summed E-state index contributed by atoms with van der Waals surface area (Å²) in [5, 5.41) is 7.23. The van der Waals surface area contributed by atoms with Crippen molar-refractivity contribution in [3.8, 4) is 5.75 Å². The molecule has 2 aliphatic rings. The number of alkyl halides is 3. The number of hydrogen-bond acceptors (Lipinski definition) is 4. The van der Waals surface area contributed by atoms with Crippen molar-refractivity contribution in [1.82, 2.24) is 10.6 Å². The third-order valence-corrected chi connectivity index (χ3v) is 5.09. The number of benzene rings is 1. The highest BCUT2D eigenvalue weighted by atomic mass is 32.1. The number of rotatable bonds is 3. The number of nitrogens with zero attached hydrogens (tertiary/aromatic N) is 1. The highest BCUT2D eigenvalue weighted by Gasteiger charge is 2.41. The molecule has 0 unspecified atom stereocenters. The van der Waals surface area contributed by atoms with Crippen LogP contribution in [0.4, 0.5) is 23.7 Å². The van der Waals surface area contributed by atoms with Crippen molar-refractivity contribution in [2.75, 3.05) is 11.4 Å². The Morgan fingerprint density at radius 1 is 1.15 bits per heavy atom. The van der Waals surface area contributed by atoms with Crippen LogP contribution < -0.4 is 20.3 Å². The highest BCUT2D eigenvalue weighted by molar-refractivity contribution is 7.10. The molecule has 0 fully saturated rings. The van der Waals surface area contributed by atoms with Crippen LogP contribution in [0.25, 0.3) is 0 Å². The number of carbonyl (C=O) groups excluding carboxylic acids is 2. The van der Waals surface area contributed by atoms with Crippen LogP contribution in [0, 0.1) is 0 Å². The number of anilines is 1. The second kappa shape index (κ2) is 6.31. The number of carbonyl (C=O) groups is 2. The van der Waals surface area contributed by atoms with Crippen molar-refractivity contribution in [2.24, 2.45) is 0 Å². The molecule has 2 aromatic rings. The van der Waals surface area contributed by atoms with Gasteiger partial charge in [-0.15, -0.1) is 24.5 Å². The van der Waals surface area contributed by atoms with Gasteiger partial charge in [-0.1, -0.05) is 6.07 Å². The average molecular weight is 395 g/mol. The Bertz CT molecular complexity index is 923. The summed E-state index contributed by atoms with van der Waals surface area (Å²) in [5.74, 6) is -0.692. The number of hydrogen-bond donors (Lipinski definition) is 2. The van der Waals surface area contributed by atoms with Crippen LogP contribution in [0.3, 0.4) is 0 Å². The van der Waals surface area contributed by atoms with Crippen molar-refractivity contribution >= 4 is 29.0 Å². The van der Waals surface area contributed by atoms with E-state index in [1.165, 1.54) is 28.4 Å². The van der Waals surface area contributed by atoms with Gasteiger partial charge in [0.05, 0.1) is 23.9 Å². The maximum Gasteiger partial charge on any atom is 0.573 e. The molecule has 0 spiro atoms. The first-order chi connectivity index (χ1) is 12.8. The van der Waals surface area contributed by atoms with Crippen molar-refractivity contribution in [2.45, 2.75) is 12.4 Å². The van der Waals surface area contributed by atoms with Gasteiger partial charge in [-0.2, -0.15) is 0 Å². The summed E-state index contributed by atoms with van der Waals surface area (Å²) in [4.78, 5) is 27.1. The third kappa shape index (κ3) is 3.35. The first-order valence-electron chi connectivity index (χ1n) is 7.83. The summed E-state index contributed by atoms with van der Waals surface area (Å²) in [7, 11) is 0. The van der Waals surface area contributed by atoms with Crippen molar-refractivity contribution in [3.05, 3.63) is 57.9 Å². The van der Waals surface area contributed by atoms with Crippen LogP contribution >= 0.6 is 11.3 Å². The van der Waals surface area contributed by atoms with Gasteiger partial charge < -0.3 is 20.3 Å². The zero-order valence-electron chi connectivity index (χ0n) is 13.5. The molecular formula is C17H12F3N3O3S. The van der Waals surface area contributed by atoms with Crippen LogP contribution in [-0.2, 0) is 4.79 Å². The van der Waals surface area contributed by atoms with Gasteiger partial charge in [-0.25, -0.2) is 4.79 Å². The fraction of sp³-hybridized carbons (Fsp3) is 0.176. The van der Waals surface area contributed by atoms with Crippen molar-refractivity contribution in [3.63, 3.8) is 0 Å². The van der Waals surface area contributed by atoms with E-state index >= 15 is 0 Å². The van der Waals surface area contributed by atoms with Crippen molar-refractivity contribution in [1.29, 1.82) is 0 Å². The summed E-state index contributed by atoms with van der Waals surface area (Å²) in [5.41, 5.74) is 1.31. The quantitative estimate of drug-likeness (QED) is 0.838. The molecular weight excluding hydrogens is 383 g/mol. The highest BCUT2D eigenvalue weighted by Crippen LogP contribution is 2.36. The fourth-order valence-corrected chi connectivity index (χ4v) is 3.86. The number of thiophene rings is 1. The van der Waals surface area contributed by atoms with E-state index in [2.05, 4.69) is 15.4 Å². The molecule has 1 aromatic heterocycles. The van der Waals surface area contributed by atoms with Gasteiger partial charge in [0.2, 0.25) is 0 Å². The Morgan fingerprint density at radius 2 is 1.89 bits per heavy atom. The Kier molecular flexibility index (Phi) is 4.06. The molecule has 3 amide bonds. The molecule has 0 radical (unpaired) electrons. The molecule has 0 bridgehead atoms. The Hall–Kier alpha value is -3.01. The van der Waals surface area contributed by atoms with E-state index in [4.69, 9.17) is 0 Å². The lowest BCUT2D eigenvalue weighted by atomic mass is 10.0. The Labute approximate surface area is 155 Å². The average Bonchev–Trinajstić information content (AvgIpc) is 3.22. The Morgan fingerprint density at radius 3 is 2.52 bits per heavy atom. The molecule has 0 aliphatic carbocycles. The third-order valence-electron chi connectivity index (χ3n) is 4.16. The monoisotopic (exact) mass is 395 g/mol. The Balaban J connectivity index is 1.60. The minimum absolute atomic E-state index is 0.128. The SMILES string of the molecule is O=C1NC2=C(C(=O)N(c3ccc(OC(F)(F)F)cc3)C2)[C@@H](c2cccs2)N1. The summed E-state index contributed by atoms with van der Waals surface area (Å²) in [6, 6.07) is 7.70. The number of halogens is 3. The van der Waals surface area contributed by atoms with Gasteiger partial charge >= 0.3 is 12.4 Å². The van der Waals surface area contributed by atoms with E-state index in [1.807, 2.05) is 17.5 Å². The number of ether oxygens (including phenoxy) is 1. The minimum atomic E-state index is -4.78. The molecule has 1 atom stereocenters. The van der Waals surface area contributed by atoms with E-state index in [1.54, 1.807) is 0 Å². The molecule has 4 rings (SSSR count). The lowest BCUT2D eigenvalue weighted by molar-refractivity contribution is -0.274. The maximum absolute atomic E-state index is 12.9. The lowest BCUT2D eigenvalue weighted by Crippen LogP contribution is -2.44. The van der Waals surface area contributed by atoms with Gasteiger partial charge in [0.25, 0.3) is 5.91 Å². The molecule has 3 heterocycles.